The van der Waals surface area contributed by atoms with Gasteiger partial charge in [0.2, 0.25) is 0 Å². The summed E-state index contributed by atoms with van der Waals surface area (Å²) in [6, 6.07) is 0. The molecule has 0 unspecified atom stereocenters. The fourth-order valence-corrected chi connectivity index (χ4v) is 7.54. The maximum absolute atomic E-state index is 14.9. The van der Waals surface area contributed by atoms with Crippen LogP contribution in [0.2, 0.25) is 0 Å². The third-order valence-electron chi connectivity index (χ3n) is 7.11. The van der Waals surface area contributed by atoms with Gasteiger partial charge in [0.15, 0.2) is 0 Å². The summed E-state index contributed by atoms with van der Waals surface area (Å²) in [5.74, 6) is -26.4. The van der Waals surface area contributed by atoms with Gasteiger partial charge in [0, 0.05) is 9.75 Å². The van der Waals surface area contributed by atoms with Gasteiger partial charge in [0.25, 0.3) is 0 Å². The maximum atomic E-state index is 14.9. The van der Waals surface area contributed by atoms with E-state index in [1.54, 1.807) is 0 Å². The number of anilines is 2. The van der Waals surface area contributed by atoms with Crippen LogP contribution < -0.4 is 10.6 Å². The second kappa shape index (κ2) is 12.5. The monoisotopic (exact) mass is 654 g/mol. The molecule has 4 rings (SSSR count). The number of alkyl halides is 6. The van der Waals surface area contributed by atoms with Crippen molar-refractivity contribution in [2.75, 3.05) is 23.8 Å². The number of esters is 2. The Balaban J connectivity index is 1.61. The predicted molar refractivity (Wildman–Crippen MR) is 146 cm³/mol. The Hall–Kier alpha value is -3.14. The van der Waals surface area contributed by atoms with Crippen LogP contribution in [0.25, 0.3) is 0 Å². The molecule has 2 amide bonds. The molecule has 2 N–H and O–H groups in total. The number of rotatable bonds is 10. The molecule has 2 aliphatic carbocycles. The van der Waals surface area contributed by atoms with Crippen LogP contribution in [0.15, 0.2) is 0 Å². The first-order valence-electron chi connectivity index (χ1n) is 13.6. The Kier molecular flexibility index (Phi) is 9.50. The Bertz CT molecular complexity index is 1330. The van der Waals surface area contributed by atoms with Gasteiger partial charge >= 0.3 is 41.5 Å². The molecule has 0 bridgehead atoms. The lowest BCUT2D eigenvalue weighted by atomic mass is 9.95. The van der Waals surface area contributed by atoms with Crippen molar-refractivity contribution < 1.29 is 55.0 Å². The summed E-state index contributed by atoms with van der Waals surface area (Å²) < 4.78 is 99.4. The Morgan fingerprint density at radius 3 is 1.35 bits per heavy atom. The van der Waals surface area contributed by atoms with Crippen LogP contribution in [-0.2, 0) is 44.7 Å². The highest BCUT2D eigenvalue weighted by Gasteiger charge is 2.78. The van der Waals surface area contributed by atoms with E-state index >= 15 is 0 Å². The van der Waals surface area contributed by atoms with E-state index < -0.39 is 51.5 Å². The Morgan fingerprint density at radius 1 is 0.651 bits per heavy atom. The van der Waals surface area contributed by atoms with Gasteiger partial charge in [-0.2, -0.15) is 26.3 Å². The van der Waals surface area contributed by atoms with Crippen LogP contribution in [0.4, 0.5) is 36.3 Å². The van der Waals surface area contributed by atoms with Crippen molar-refractivity contribution in [3.05, 3.63) is 32.0 Å². The summed E-state index contributed by atoms with van der Waals surface area (Å²) in [4.78, 5) is 51.1. The lowest BCUT2D eigenvalue weighted by Crippen LogP contribution is -2.63. The molecule has 8 nitrogen and oxygen atoms in total. The highest BCUT2D eigenvalue weighted by molar-refractivity contribution is 7.17. The fraction of sp³-hybridized carbons (Fsp3) is 0.556. The molecule has 2 aromatic rings. The number of hydrogen-bond donors (Lipinski definition) is 2. The largest absolute Gasteiger partial charge is 0.462 e. The number of fused-ring (bicyclic) bond motifs is 2. The van der Waals surface area contributed by atoms with E-state index in [9.17, 15) is 45.5 Å². The standard InChI is InChI=1S/C27H28F6N2O6S2/c1-3-40-21(36)17-13-9-5-7-11-15(13)42-19(17)34-23(38)25(28,29)27(32,33)26(30,31)24(39)35-20-18(22(37)41-4-2)14-10-6-8-12-16(14)43-20/h3-12H2,1-2H3,(H,34,38)(H,35,39). The number of halogens is 6. The Morgan fingerprint density at radius 2 is 1.00 bits per heavy atom. The minimum Gasteiger partial charge on any atom is -0.462 e. The van der Waals surface area contributed by atoms with Crippen LogP contribution >= 0.6 is 22.7 Å². The third-order valence-corrected chi connectivity index (χ3v) is 9.53. The van der Waals surface area contributed by atoms with Gasteiger partial charge in [-0.15, -0.1) is 22.7 Å². The summed E-state index contributed by atoms with van der Waals surface area (Å²) in [6.45, 7) is 2.71. The second-order valence-electron chi connectivity index (χ2n) is 9.90. The molecule has 0 aliphatic heterocycles. The minimum absolute atomic E-state index is 0.114. The summed E-state index contributed by atoms with van der Waals surface area (Å²) >= 11 is 1.38. The second-order valence-corrected chi connectivity index (χ2v) is 12.1. The molecular formula is C27H28F6N2O6S2. The van der Waals surface area contributed by atoms with E-state index in [1.807, 2.05) is 0 Å². The normalized spacial score (nSPS) is 15.3. The molecule has 16 heteroatoms. The third kappa shape index (κ3) is 5.87. The van der Waals surface area contributed by atoms with Gasteiger partial charge < -0.3 is 20.1 Å². The van der Waals surface area contributed by atoms with Crippen molar-refractivity contribution in [2.24, 2.45) is 0 Å². The average molecular weight is 655 g/mol. The molecule has 43 heavy (non-hydrogen) atoms. The van der Waals surface area contributed by atoms with E-state index in [0.29, 0.717) is 94.9 Å². The van der Waals surface area contributed by atoms with Crippen molar-refractivity contribution in [2.45, 2.75) is 83.0 Å². The minimum atomic E-state index is -6.53. The number of thiophene rings is 2. The van der Waals surface area contributed by atoms with Crippen molar-refractivity contribution >= 4 is 56.4 Å². The van der Waals surface area contributed by atoms with Crippen LogP contribution in [0.1, 0.15) is 81.1 Å². The van der Waals surface area contributed by atoms with Gasteiger partial charge in [-0.3, -0.25) is 9.59 Å². The molecular weight excluding hydrogens is 626 g/mol. The van der Waals surface area contributed by atoms with E-state index in [0.717, 1.165) is 0 Å². The van der Waals surface area contributed by atoms with Crippen LogP contribution in [0, 0.1) is 0 Å². The highest BCUT2D eigenvalue weighted by atomic mass is 32.1. The summed E-state index contributed by atoms with van der Waals surface area (Å²) in [5, 5.41) is 1.94. The predicted octanol–water partition coefficient (Wildman–Crippen LogP) is 6.40. The van der Waals surface area contributed by atoms with E-state index in [1.165, 1.54) is 24.5 Å². The molecule has 0 radical (unpaired) electrons. The van der Waals surface area contributed by atoms with Gasteiger partial charge in [-0.05, 0) is 76.3 Å². The molecule has 0 spiro atoms. The van der Waals surface area contributed by atoms with Crippen molar-refractivity contribution in [3.8, 4) is 0 Å². The van der Waals surface area contributed by atoms with Crippen molar-refractivity contribution in [1.29, 1.82) is 0 Å². The van der Waals surface area contributed by atoms with Crippen LogP contribution in [0.3, 0.4) is 0 Å². The molecule has 2 aromatic heterocycles. The summed E-state index contributed by atoms with van der Waals surface area (Å²) in [7, 11) is 0. The van der Waals surface area contributed by atoms with Gasteiger partial charge in [0.1, 0.15) is 10.0 Å². The zero-order valence-corrected chi connectivity index (χ0v) is 24.7. The van der Waals surface area contributed by atoms with E-state index in [2.05, 4.69) is 0 Å². The summed E-state index contributed by atoms with van der Waals surface area (Å²) in [6.07, 6.45) is 4.14. The van der Waals surface area contributed by atoms with Gasteiger partial charge in [0.05, 0.1) is 24.3 Å². The SMILES string of the molecule is CCOC(=O)c1c(NC(=O)C(F)(F)C(F)(F)C(F)(F)C(=O)Nc2sc3c(c2C(=O)OCC)CCCC3)sc2c1CCCC2. The van der Waals surface area contributed by atoms with Crippen molar-refractivity contribution in [3.63, 3.8) is 0 Å². The number of ether oxygens (including phenoxy) is 2. The average Bonchev–Trinajstić information content (AvgIpc) is 3.50. The first kappa shape index (κ1) is 32.8. The molecule has 0 saturated heterocycles. The number of carbonyl (C=O) groups excluding carboxylic acids is 4. The number of nitrogens with one attached hydrogen (secondary N) is 2. The molecule has 0 aromatic carbocycles. The molecule has 236 valence electrons. The highest BCUT2D eigenvalue weighted by Crippen LogP contribution is 2.48. The quantitative estimate of drug-likeness (QED) is 0.227. The fourth-order valence-electron chi connectivity index (χ4n) is 4.99. The van der Waals surface area contributed by atoms with E-state index in [4.69, 9.17) is 9.47 Å². The van der Waals surface area contributed by atoms with Crippen molar-refractivity contribution in [1.82, 2.24) is 0 Å². The number of hydrogen-bond acceptors (Lipinski definition) is 8. The maximum Gasteiger partial charge on any atom is 0.393 e. The number of aryl methyl sites for hydroxylation is 2. The first-order valence-corrected chi connectivity index (χ1v) is 15.2. The number of amides is 2. The zero-order chi connectivity index (χ0) is 31.7. The van der Waals surface area contributed by atoms with E-state index in [-0.39, 0.29) is 24.3 Å². The topological polar surface area (TPSA) is 111 Å². The molecule has 2 aliphatic rings. The Labute approximate surface area is 250 Å². The van der Waals surface area contributed by atoms with Gasteiger partial charge in [-0.1, -0.05) is 0 Å². The lowest BCUT2D eigenvalue weighted by molar-refractivity contribution is -0.283. The van der Waals surface area contributed by atoms with Gasteiger partial charge in [-0.25, -0.2) is 9.59 Å². The lowest BCUT2D eigenvalue weighted by Gasteiger charge is -2.30. The smallest absolute Gasteiger partial charge is 0.393 e. The summed E-state index contributed by atoms with van der Waals surface area (Å²) in [5.41, 5.74) is 0.208. The van der Waals surface area contributed by atoms with Crippen LogP contribution in [0.5, 0.6) is 0 Å². The van der Waals surface area contributed by atoms with Crippen LogP contribution in [-0.4, -0.2) is 54.7 Å². The first-order chi connectivity index (χ1) is 20.2. The zero-order valence-electron chi connectivity index (χ0n) is 23.1. The molecule has 0 fully saturated rings. The molecule has 0 saturated carbocycles. The molecule has 2 heterocycles. The number of carbonyl (C=O) groups is 4. The molecule has 0 atom stereocenters.